The van der Waals surface area contributed by atoms with Gasteiger partial charge in [0, 0.05) is 6.54 Å². The smallest absolute Gasteiger partial charge is 0.164 e. The average molecular weight is 331 g/mol. The summed E-state index contributed by atoms with van der Waals surface area (Å²) in [4.78, 5) is 0. The fraction of sp³-hybridized carbons (Fsp3) is 1.00. The zero-order valence-electron chi connectivity index (χ0n) is 14.8. The van der Waals surface area contributed by atoms with Gasteiger partial charge in [-0.15, -0.1) is 0 Å². The van der Waals surface area contributed by atoms with Crippen molar-refractivity contribution >= 4 is 0 Å². The minimum absolute atomic E-state index is 0.220. The lowest BCUT2D eigenvalue weighted by atomic mass is 9.99. The van der Waals surface area contributed by atoms with Gasteiger partial charge in [-0.25, -0.2) is 0 Å². The molecule has 5 unspecified atom stereocenters. The Bertz CT molecular complexity index is 452. The molecular formula is C16H29NO6. The molecule has 0 saturated carbocycles. The molecular weight excluding hydrogens is 302 g/mol. The summed E-state index contributed by atoms with van der Waals surface area (Å²) in [5, 5.41) is 0. The van der Waals surface area contributed by atoms with Crippen molar-refractivity contribution in [1.29, 1.82) is 0 Å². The van der Waals surface area contributed by atoms with Crippen LogP contribution in [0.1, 0.15) is 41.5 Å². The SMILES string of the molecule is CC1(C)OCC(C2OC(C)(C)OC2C2OC(C)(C)OC2CN)O1. The Labute approximate surface area is 137 Å². The van der Waals surface area contributed by atoms with Crippen molar-refractivity contribution < 1.29 is 28.4 Å². The van der Waals surface area contributed by atoms with Gasteiger partial charge in [0.2, 0.25) is 0 Å². The minimum Gasteiger partial charge on any atom is -0.348 e. The summed E-state index contributed by atoms with van der Waals surface area (Å²) in [6.45, 7) is 12.1. The third-order valence-corrected chi connectivity index (χ3v) is 4.34. The summed E-state index contributed by atoms with van der Waals surface area (Å²) >= 11 is 0. The first-order valence-corrected chi connectivity index (χ1v) is 8.25. The first-order chi connectivity index (χ1) is 10.5. The van der Waals surface area contributed by atoms with E-state index in [4.69, 9.17) is 34.2 Å². The molecule has 0 radical (unpaired) electrons. The lowest BCUT2D eigenvalue weighted by Crippen LogP contribution is -2.49. The molecule has 0 amide bonds. The summed E-state index contributed by atoms with van der Waals surface area (Å²) in [5.41, 5.74) is 5.87. The molecule has 0 aromatic heterocycles. The quantitative estimate of drug-likeness (QED) is 0.830. The molecule has 0 aromatic carbocycles. The van der Waals surface area contributed by atoms with Gasteiger partial charge in [0.1, 0.15) is 30.5 Å². The van der Waals surface area contributed by atoms with Crippen LogP contribution in [0.5, 0.6) is 0 Å². The van der Waals surface area contributed by atoms with Crippen molar-refractivity contribution in [2.24, 2.45) is 5.73 Å². The molecule has 5 atom stereocenters. The van der Waals surface area contributed by atoms with E-state index in [-0.39, 0.29) is 30.5 Å². The maximum absolute atomic E-state index is 6.13. The van der Waals surface area contributed by atoms with E-state index < -0.39 is 17.4 Å². The van der Waals surface area contributed by atoms with Gasteiger partial charge in [-0.05, 0) is 41.5 Å². The Morgan fingerprint density at radius 1 is 0.739 bits per heavy atom. The van der Waals surface area contributed by atoms with Crippen LogP contribution in [-0.4, -0.2) is 61.0 Å². The van der Waals surface area contributed by atoms with Crippen LogP contribution < -0.4 is 5.73 Å². The maximum Gasteiger partial charge on any atom is 0.164 e. The van der Waals surface area contributed by atoms with E-state index in [2.05, 4.69) is 0 Å². The van der Waals surface area contributed by atoms with E-state index in [9.17, 15) is 0 Å². The van der Waals surface area contributed by atoms with Crippen LogP contribution in [0.2, 0.25) is 0 Å². The first kappa shape index (κ1) is 17.5. The van der Waals surface area contributed by atoms with Crippen molar-refractivity contribution in [1.82, 2.24) is 0 Å². The molecule has 7 nitrogen and oxygen atoms in total. The number of rotatable bonds is 3. The van der Waals surface area contributed by atoms with Gasteiger partial charge in [-0.1, -0.05) is 0 Å². The Kier molecular flexibility index (Phi) is 4.29. The molecule has 23 heavy (non-hydrogen) atoms. The van der Waals surface area contributed by atoms with Crippen LogP contribution in [0.15, 0.2) is 0 Å². The molecule has 3 rings (SSSR count). The highest BCUT2D eigenvalue weighted by atomic mass is 16.8. The summed E-state index contributed by atoms with van der Waals surface area (Å²) in [6.07, 6.45) is -1.41. The largest absolute Gasteiger partial charge is 0.348 e. The lowest BCUT2D eigenvalue weighted by Gasteiger charge is -2.28. The average Bonchev–Trinajstić information content (AvgIpc) is 3.02. The van der Waals surface area contributed by atoms with Crippen LogP contribution >= 0.6 is 0 Å². The monoisotopic (exact) mass is 331 g/mol. The van der Waals surface area contributed by atoms with Crippen molar-refractivity contribution in [2.75, 3.05) is 13.2 Å². The van der Waals surface area contributed by atoms with Crippen LogP contribution in [0, 0.1) is 0 Å². The van der Waals surface area contributed by atoms with E-state index in [0.29, 0.717) is 13.2 Å². The molecule has 7 heteroatoms. The normalized spacial score (nSPS) is 44.7. The third-order valence-electron chi connectivity index (χ3n) is 4.34. The van der Waals surface area contributed by atoms with Gasteiger partial charge in [0.15, 0.2) is 17.4 Å². The fourth-order valence-electron chi connectivity index (χ4n) is 3.56. The minimum atomic E-state index is -0.722. The second-order valence-corrected chi connectivity index (χ2v) is 7.81. The third kappa shape index (κ3) is 3.56. The van der Waals surface area contributed by atoms with Gasteiger partial charge >= 0.3 is 0 Å². The Morgan fingerprint density at radius 3 is 1.87 bits per heavy atom. The van der Waals surface area contributed by atoms with E-state index in [1.54, 1.807) is 0 Å². The lowest BCUT2D eigenvalue weighted by molar-refractivity contribution is -0.178. The number of hydrogen-bond acceptors (Lipinski definition) is 7. The van der Waals surface area contributed by atoms with E-state index >= 15 is 0 Å². The molecule has 0 bridgehead atoms. The van der Waals surface area contributed by atoms with E-state index in [1.807, 2.05) is 41.5 Å². The Hall–Kier alpha value is -0.280. The first-order valence-electron chi connectivity index (χ1n) is 8.25. The molecule has 0 spiro atoms. The molecule has 3 aliphatic heterocycles. The zero-order chi connectivity index (χ0) is 17.0. The van der Waals surface area contributed by atoms with Crippen LogP contribution in [-0.2, 0) is 28.4 Å². The zero-order valence-corrected chi connectivity index (χ0v) is 14.8. The summed E-state index contributed by atoms with van der Waals surface area (Å²) in [5.74, 6) is -2.03. The van der Waals surface area contributed by atoms with Gasteiger partial charge in [0.05, 0.1) is 6.61 Å². The van der Waals surface area contributed by atoms with Crippen LogP contribution in [0.25, 0.3) is 0 Å². The highest BCUT2D eigenvalue weighted by Gasteiger charge is 2.57. The second-order valence-electron chi connectivity index (χ2n) is 7.81. The summed E-state index contributed by atoms with van der Waals surface area (Å²) in [7, 11) is 0. The molecule has 0 aliphatic carbocycles. The molecule has 3 fully saturated rings. The molecule has 134 valence electrons. The molecule has 3 aliphatic rings. The maximum atomic E-state index is 6.13. The van der Waals surface area contributed by atoms with E-state index in [0.717, 1.165) is 0 Å². The van der Waals surface area contributed by atoms with E-state index in [1.165, 1.54) is 0 Å². The predicted octanol–water partition coefficient (Wildman–Crippen LogP) is 1.14. The van der Waals surface area contributed by atoms with Crippen LogP contribution in [0.3, 0.4) is 0 Å². The molecule has 2 N–H and O–H groups in total. The van der Waals surface area contributed by atoms with Crippen molar-refractivity contribution in [3.8, 4) is 0 Å². The van der Waals surface area contributed by atoms with Crippen molar-refractivity contribution in [3.05, 3.63) is 0 Å². The highest BCUT2D eigenvalue weighted by molar-refractivity contribution is 4.99. The standard InChI is InChI=1S/C16H29NO6/c1-14(2)18-8-10(20-14)12-13(23-16(5,6)22-12)11-9(7-17)19-15(3,4)21-11/h9-13H,7-8,17H2,1-6H3. The topological polar surface area (TPSA) is 81.4 Å². The highest BCUT2D eigenvalue weighted by Crippen LogP contribution is 2.41. The van der Waals surface area contributed by atoms with Gasteiger partial charge < -0.3 is 34.2 Å². The molecule has 3 heterocycles. The Morgan fingerprint density at radius 2 is 1.30 bits per heavy atom. The van der Waals surface area contributed by atoms with Gasteiger partial charge in [0.25, 0.3) is 0 Å². The van der Waals surface area contributed by atoms with Gasteiger partial charge in [-0.3, -0.25) is 0 Å². The second kappa shape index (κ2) is 5.62. The number of nitrogens with two attached hydrogens (primary N) is 1. The molecule has 3 saturated heterocycles. The predicted molar refractivity (Wildman–Crippen MR) is 81.6 cm³/mol. The van der Waals surface area contributed by atoms with Crippen molar-refractivity contribution in [2.45, 2.75) is 89.4 Å². The van der Waals surface area contributed by atoms with Gasteiger partial charge in [-0.2, -0.15) is 0 Å². The molecule has 0 aromatic rings. The number of ether oxygens (including phenoxy) is 6. The van der Waals surface area contributed by atoms with Crippen molar-refractivity contribution in [3.63, 3.8) is 0 Å². The summed E-state index contributed by atoms with van der Waals surface area (Å²) in [6, 6.07) is 0. The number of hydrogen-bond donors (Lipinski definition) is 1. The Balaban J connectivity index is 1.81. The summed E-state index contributed by atoms with van der Waals surface area (Å²) < 4.78 is 35.9. The fourth-order valence-corrected chi connectivity index (χ4v) is 3.56. The van der Waals surface area contributed by atoms with Crippen LogP contribution in [0.4, 0.5) is 0 Å².